The molecule has 4 aromatic heterocycles. The van der Waals surface area contributed by atoms with E-state index < -0.39 is 11.2 Å². The van der Waals surface area contributed by atoms with Gasteiger partial charge in [-0.25, -0.2) is 14.8 Å². The highest BCUT2D eigenvalue weighted by molar-refractivity contribution is 6.34. The number of fused-ring (bicyclic) bond motifs is 3. The molecule has 2 fully saturated rings. The van der Waals surface area contributed by atoms with Gasteiger partial charge in [-0.05, 0) is 81.8 Å². The number of likely N-dealkylation sites (N-methyl/N-ethyl adjacent to an activating group) is 1. The van der Waals surface area contributed by atoms with Crippen molar-refractivity contribution in [1.82, 2.24) is 43.9 Å². The molecule has 3 aromatic carbocycles. The number of ether oxygens (including phenoxy) is 7. The first-order valence-electron chi connectivity index (χ1n) is 31.6. The molecule has 0 unspecified atom stereocenters. The molecule has 0 spiro atoms. The lowest BCUT2D eigenvalue weighted by atomic mass is 10.1. The Balaban J connectivity index is 0.533. The van der Waals surface area contributed by atoms with Gasteiger partial charge in [0.15, 0.2) is 11.2 Å². The first-order valence-corrected chi connectivity index (χ1v) is 32.4. The van der Waals surface area contributed by atoms with Crippen molar-refractivity contribution in [2.75, 3.05) is 134 Å². The first kappa shape index (κ1) is 67.9. The number of aryl methyl sites for hydroxylation is 3. The Bertz CT molecular complexity index is 3940. The lowest BCUT2D eigenvalue weighted by Crippen LogP contribution is -2.48. The molecule has 1 aliphatic carbocycles. The third-order valence-corrected chi connectivity index (χ3v) is 17.0. The van der Waals surface area contributed by atoms with E-state index in [1.54, 1.807) is 59.8 Å². The predicted molar refractivity (Wildman–Crippen MR) is 354 cm³/mol. The maximum Gasteiger partial charge on any atom is 0.332 e. The van der Waals surface area contributed by atoms with E-state index >= 15 is 0 Å². The van der Waals surface area contributed by atoms with Gasteiger partial charge in [0.25, 0.3) is 11.5 Å². The number of aromatic nitrogens is 7. The third kappa shape index (κ3) is 17.6. The summed E-state index contributed by atoms with van der Waals surface area (Å²) in [6.07, 6.45) is 7.67. The number of piperidine rings is 1. The summed E-state index contributed by atoms with van der Waals surface area (Å²) in [7, 11) is 3.32. The van der Waals surface area contributed by atoms with Crippen molar-refractivity contribution in [3.05, 3.63) is 133 Å². The van der Waals surface area contributed by atoms with Crippen molar-refractivity contribution in [1.29, 1.82) is 0 Å². The van der Waals surface area contributed by atoms with Crippen LogP contribution in [0.2, 0.25) is 10.0 Å². The van der Waals surface area contributed by atoms with Gasteiger partial charge in [-0.3, -0.25) is 37.9 Å². The summed E-state index contributed by atoms with van der Waals surface area (Å²) in [5.41, 5.74) is 3.84. The molecule has 24 nitrogen and oxygen atoms in total. The fourth-order valence-electron chi connectivity index (χ4n) is 11.4. The topological polar surface area (TPSA) is 241 Å². The number of hydrogen-bond acceptors (Lipinski definition) is 18. The molecule has 1 N–H and O–H groups in total. The smallest absolute Gasteiger partial charge is 0.332 e. The zero-order valence-electron chi connectivity index (χ0n) is 53.1. The van der Waals surface area contributed by atoms with Gasteiger partial charge >= 0.3 is 5.69 Å². The lowest BCUT2D eigenvalue weighted by molar-refractivity contribution is -0.130. The van der Waals surface area contributed by atoms with Gasteiger partial charge < -0.3 is 58.1 Å². The summed E-state index contributed by atoms with van der Waals surface area (Å²) in [5.74, 6) is 6.99. The van der Waals surface area contributed by atoms with Gasteiger partial charge in [0, 0.05) is 106 Å². The fraction of sp³-hybridized carbons (Fsp3) is 0.478. The maximum absolute atomic E-state index is 14.2. The maximum atomic E-state index is 14.2. The van der Waals surface area contributed by atoms with Gasteiger partial charge in [0.2, 0.25) is 17.8 Å². The minimum atomic E-state index is -0.533. The second kappa shape index (κ2) is 33.2. The monoisotopic (exact) mass is 1310 g/mol. The molecule has 494 valence electrons. The Kier molecular flexibility index (Phi) is 24.2. The molecular weight excluding hydrogens is 1240 g/mol. The minimum absolute atomic E-state index is 0.0757. The van der Waals surface area contributed by atoms with Crippen LogP contribution in [0.25, 0.3) is 22.1 Å². The Labute approximate surface area is 549 Å². The average molecular weight is 1320 g/mol. The molecule has 2 aliphatic heterocycles. The number of para-hydroxylation sites is 3. The number of pyridine rings is 1. The van der Waals surface area contributed by atoms with Crippen LogP contribution < -0.4 is 36.0 Å². The SMILES string of the molecule is CC#CCn1c(N2CCC[C@H](NC(=O)CCOCCOCCOCCOCCOCCOCCN(C)C(=O)CCc3cc(Cl)c(Oc4ccncc4C(=O)N4CCN(C5CC5)c5ccccc54)cc3Cl)C2)nc2c1c(=O)n(Cc1nc(C)c3ccccc3n1)c(=O)n2C. The van der Waals surface area contributed by atoms with Crippen molar-refractivity contribution in [3.63, 3.8) is 0 Å². The van der Waals surface area contributed by atoms with E-state index in [2.05, 4.69) is 43.1 Å². The van der Waals surface area contributed by atoms with E-state index in [0.717, 1.165) is 64.8 Å². The number of carbonyl (C=O) groups excluding carboxylic acids is 3. The second-order valence-corrected chi connectivity index (χ2v) is 23.7. The van der Waals surface area contributed by atoms with E-state index in [4.69, 9.17) is 61.3 Å². The molecular formula is C67H80Cl2N12O12. The predicted octanol–water partition coefficient (Wildman–Crippen LogP) is 7.01. The van der Waals surface area contributed by atoms with Crippen LogP contribution in [0, 0.1) is 18.8 Å². The minimum Gasteiger partial charge on any atom is -0.455 e. The Morgan fingerprint density at radius 3 is 2.13 bits per heavy atom. The molecule has 1 saturated heterocycles. The normalized spacial score (nSPS) is 14.7. The molecule has 10 rings (SSSR count). The van der Waals surface area contributed by atoms with E-state index in [0.29, 0.717) is 150 Å². The van der Waals surface area contributed by atoms with Crippen molar-refractivity contribution < 1.29 is 47.5 Å². The van der Waals surface area contributed by atoms with Crippen LogP contribution in [0.1, 0.15) is 72.9 Å². The lowest BCUT2D eigenvalue weighted by Gasteiger charge is -2.38. The molecule has 1 saturated carbocycles. The summed E-state index contributed by atoms with van der Waals surface area (Å²) >= 11 is 13.4. The number of benzene rings is 3. The summed E-state index contributed by atoms with van der Waals surface area (Å²) in [5, 5.41) is 4.71. The third-order valence-electron chi connectivity index (χ3n) is 16.4. The number of nitrogens with one attached hydrogen (secondary N) is 1. The quantitative estimate of drug-likeness (QED) is 0.0321. The van der Waals surface area contributed by atoms with Gasteiger partial charge in [-0.2, -0.15) is 4.98 Å². The summed E-state index contributed by atoms with van der Waals surface area (Å²) in [6.45, 7) is 10.8. The molecule has 0 radical (unpaired) electrons. The Hall–Kier alpha value is -7.99. The van der Waals surface area contributed by atoms with Crippen molar-refractivity contribution in [3.8, 4) is 23.3 Å². The van der Waals surface area contributed by atoms with Gasteiger partial charge in [-0.15, -0.1) is 5.92 Å². The molecule has 7 aromatic rings. The zero-order valence-corrected chi connectivity index (χ0v) is 54.6. The molecule has 1 atom stereocenters. The number of rotatable bonds is 33. The number of anilines is 3. The van der Waals surface area contributed by atoms with Crippen molar-refractivity contribution in [2.45, 2.75) is 84.0 Å². The number of carbonyl (C=O) groups is 3. The second-order valence-electron chi connectivity index (χ2n) is 22.9. The van der Waals surface area contributed by atoms with Crippen LogP contribution in [0.15, 0.2) is 88.7 Å². The van der Waals surface area contributed by atoms with Gasteiger partial charge in [0.05, 0.1) is 114 Å². The van der Waals surface area contributed by atoms with Crippen LogP contribution in [0.3, 0.4) is 0 Å². The molecule has 6 heterocycles. The molecule has 3 amide bonds. The summed E-state index contributed by atoms with van der Waals surface area (Å²) in [4.78, 5) is 94.3. The zero-order chi connectivity index (χ0) is 65.2. The number of imidazole rings is 1. The molecule has 93 heavy (non-hydrogen) atoms. The number of amides is 3. The van der Waals surface area contributed by atoms with Crippen LogP contribution in [-0.2, 0) is 64.6 Å². The van der Waals surface area contributed by atoms with E-state index in [1.165, 1.54) is 10.8 Å². The van der Waals surface area contributed by atoms with E-state index in [-0.39, 0.29) is 73.2 Å². The highest BCUT2D eigenvalue weighted by Crippen LogP contribution is 2.42. The summed E-state index contributed by atoms with van der Waals surface area (Å²) in [6, 6.07) is 20.9. The van der Waals surface area contributed by atoms with Crippen molar-refractivity contribution in [2.24, 2.45) is 7.05 Å². The molecule has 0 bridgehead atoms. The van der Waals surface area contributed by atoms with E-state index in [9.17, 15) is 24.0 Å². The standard InChI is InChI=1S/C67H80Cl2N12O12/c1-5-6-25-80-62-63(76(4)67(86)81(65(62)85)45-59-71-46(2)50-13-7-8-14-54(50)73-59)74-66(80)77-24-11-12-48(44-77)72-60(82)22-29-87-31-33-89-35-37-91-39-40-92-38-36-90-34-32-88-30-28-75(3)61(83)20-17-47-41-53(69)58(42-52(47)68)93-57-21-23-70-43-51(57)64(84)79-27-26-78(49-18-19-49)55-15-9-10-16-56(55)79/h7-10,13-16,21,23,41-43,48-49H,11-12,17-20,22,24-40,44-45H2,1-4H3,(H,72,82)/t48-/m0/s1. The average Bonchev–Trinajstić information content (AvgIpc) is 1.89. The van der Waals surface area contributed by atoms with Gasteiger partial charge in [-0.1, -0.05) is 59.5 Å². The summed E-state index contributed by atoms with van der Waals surface area (Å²) < 4.78 is 44.3. The van der Waals surface area contributed by atoms with Crippen LogP contribution >= 0.6 is 23.2 Å². The number of halogens is 2. The van der Waals surface area contributed by atoms with E-state index in [1.807, 2.05) is 54.3 Å². The molecule has 26 heteroatoms. The van der Waals surface area contributed by atoms with Crippen molar-refractivity contribution >= 4 is 80.3 Å². The fourth-order valence-corrected chi connectivity index (χ4v) is 11.8. The Morgan fingerprint density at radius 1 is 0.742 bits per heavy atom. The van der Waals surface area contributed by atoms with Crippen LogP contribution in [0.4, 0.5) is 17.3 Å². The highest BCUT2D eigenvalue weighted by atomic mass is 35.5. The Morgan fingerprint density at radius 2 is 1.42 bits per heavy atom. The highest BCUT2D eigenvalue weighted by Gasteiger charge is 2.37. The van der Waals surface area contributed by atoms with Crippen LogP contribution in [-0.4, -0.2) is 187 Å². The first-order chi connectivity index (χ1) is 45.3. The van der Waals surface area contributed by atoms with Gasteiger partial charge in [0.1, 0.15) is 22.9 Å². The largest absolute Gasteiger partial charge is 0.455 e. The number of nitrogens with zero attached hydrogens (tertiary/aromatic N) is 11. The van der Waals surface area contributed by atoms with Crippen LogP contribution in [0.5, 0.6) is 11.5 Å². The molecule has 3 aliphatic rings. The number of hydrogen-bond donors (Lipinski definition) is 1.